The molecule has 0 radical (unpaired) electrons. The van der Waals surface area contributed by atoms with E-state index >= 15 is 0 Å². The Kier molecular flexibility index (Phi) is 8.40. The molecule has 0 saturated carbocycles. The molecule has 0 spiro atoms. The number of esters is 1. The zero-order chi connectivity index (χ0) is 24.7. The van der Waals surface area contributed by atoms with Gasteiger partial charge in [-0.25, -0.2) is 9.59 Å². The van der Waals surface area contributed by atoms with Crippen LogP contribution in [0.2, 0.25) is 0 Å². The minimum atomic E-state index is -0.743. The van der Waals surface area contributed by atoms with Crippen LogP contribution in [0.1, 0.15) is 50.8 Å². The first-order chi connectivity index (χ1) is 16.4. The van der Waals surface area contributed by atoms with Gasteiger partial charge in [0.05, 0.1) is 31.9 Å². The summed E-state index contributed by atoms with van der Waals surface area (Å²) in [6.45, 7) is 5.87. The van der Waals surface area contributed by atoms with E-state index in [0.717, 1.165) is 12.0 Å². The summed E-state index contributed by atoms with van der Waals surface area (Å²) in [6, 6.07) is 12.1. The second-order valence-corrected chi connectivity index (χ2v) is 8.16. The van der Waals surface area contributed by atoms with E-state index in [1.165, 1.54) is 14.2 Å². The highest BCUT2D eigenvalue weighted by molar-refractivity contribution is 5.95. The van der Waals surface area contributed by atoms with Gasteiger partial charge < -0.3 is 29.6 Å². The summed E-state index contributed by atoms with van der Waals surface area (Å²) in [6.07, 6.45) is 0.970. The van der Waals surface area contributed by atoms with Crippen molar-refractivity contribution in [3.63, 3.8) is 0 Å². The highest BCUT2D eigenvalue weighted by Gasteiger charge is 2.35. The van der Waals surface area contributed by atoms with Crippen LogP contribution in [0.25, 0.3) is 0 Å². The van der Waals surface area contributed by atoms with Crippen molar-refractivity contribution in [3.8, 4) is 17.2 Å². The van der Waals surface area contributed by atoms with Crippen LogP contribution in [0.15, 0.2) is 53.7 Å². The number of hydrogen-bond acceptors (Lipinski definition) is 6. The lowest BCUT2D eigenvalue weighted by molar-refractivity contribution is -0.143. The van der Waals surface area contributed by atoms with E-state index in [4.69, 9.17) is 18.9 Å². The van der Waals surface area contributed by atoms with Crippen LogP contribution < -0.4 is 24.8 Å². The average Bonchev–Trinajstić information content (AvgIpc) is 2.82. The third-order valence-corrected chi connectivity index (χ3v) is 5.26. The van der Waals surface area contributed by atoms with Gasteiger partial charge in [0.15, 0.2) is 11.5 Å². The van der Waals surface area contributed by atoms with Crippen molar-refractivity contribution in [3.05, 3.63) is 64.9 Å². The quantitative estimate of drug-likeness (QED) is 0.493. The van der Waals surface area contributed by atoms with E-state index in [1.807, 2.05) is 37.3 Å². The van der Waals surface area contributed by atoms with Crippen LogP contribution in [-0.4, -0.2) is 32.3 Å². The highest BCUT2D eigenvalue weighted by Crippen LogP contribution is 2.42. The number of benzene rings is 2. The lowest BCUT2D eigenvalue weighted by Crippen LogP contribution is -2.46. The maximum atomic E-state index is 13.1. The van der Waals surface area contributed by atoms with Crippen molar-refractivity contribution < 1.29 is 28.5 Å². The highest BCUT2D eigenvalue weighted by atomic mass is 16.5. The number of allylic oxidation sites excluding steroid dienone is 1. The predicted octanol–water partition coefficient (Wildman–Crippen LogP) is 4.64. The third-order valence-electron chi connectivity index (χ3n) is 5.26. The van der Waals surface area contributed by atoms with Crippen LogP contribution in [-0.2, 0) is 16.1 Å². The van der Waals surface area contributed by atoms with Crippen molar-refractivity contribution in [2.24, 2.45) is 0 Å². The number of carbonyl (C=O) groups excluding carboxylic acids is 2. The Morgan fingerprint density at radius 1 is 1.06 bits per heavy atom. The smallest absolute Gasteiger partial charge is 0.338 e. The van der Waals surface area contributed by atoms with Crippen LogP contribution in [0.3, 0.4) is 0 Å². The SMILES string of the molecule is CCCC1=C(C(=O)OC(C)C)C(c2cc(OC)c(OCc3ccccc3)c(OC)c2)NC(=O)N1. The van der Waals surface area contributed by atoms with Crippen molar-refractivity contribution in [1.29, 1.82) is 0 Å². The molecule has 0 saturated heterocycles. The van der Waals surface area contributed by atoms with Gasteiger partial charge in [0, 0.05) is 5.70 Å². The van der Waals surface area contributed by atoms with Gasteiger partial charge in [-0.15, -0.1) is 0 Å². The topological polar surface area (TPSA) is 95.1 Å². The average molecular weight is 469 g/mol. The second kappa shape index (κ2) is 11.4. The first-order valence-electron chi connectivity index (χ1n) is 11.3. The van der Waals surface area contributed by atoms with Crippen molar-refractivity contribution in [1.82, 2.24) is 10.6 Å². The molecule has 0 fully saturated rings. The summed E-state index contributed by atoms with van der Waals surface area (Å²) in [4.78, 5) is 25.5. The Morgan fingerprint density at radius 2 is 1.71 bits per heavy atom. The maximum absolute atomic E-state index is 13.1. The third kappa shape index (κ3) is 5.81. The molecule has 1 unspecified atom stereocenters. The van der Waals surface area contributed by atoms with Gasteiger partial charge in [0.25, 0.3) is 0 Å². The van der Waals surface area contributed by atoms with Crippen LogP contribution in [0, 0.1) is 0 Å². The summed E-state index contributed by atoms with van der Waals surface area (Å²) in [5, 5.41) is 5.61. The molecule has 0 aromatic heterocycles. The standard InChI is InChI=1S/C26H32N2O6/c1-6-10-19-22(25(29)34-16(2)3)23(28-26(30)27-19)18-13-20(31-4)24(21(14-18)32-5)33-15-17-11-8-7-9-12-17/h7-9,11-14,16,23H,6,10,15H2,1-5H3,(H2,27,28,30). The van der Waals surface area contributed by atoms with Gasteiger partial charge in [-0.1, -0.05) is 43.7 Å². The molecule has 1 heterocycles. The monoisotopic (exact) mass is 468 g/mol. The molecular formula is C26H32N2O6. The molecule has 1 atom stereocenters. The molecule has 2 amide bonds. The van der Waals surface area contributed by atoms with Crippen molar-refractivity contribution >= 4 is 12.0 Å². The number of urea groups is 1. The zero-order valence-corrected chi connectivity index (χ0v) is 20.3. The van der Waals surface area contributed by atoms with Crippen LogP contribution in [0.5, 0.6) is 17.2 Å². The van der Waals surface area contributed by atoms with E-state index in [0.29, 0.717) is 47.1 Å². The molecular weight excluding hydrogens is 436 g/mol. The fourth-order valence-electron chi connectivity index (χ4n) is 3.77. The maximum Gasteiger partial charge on any atom is 0.338 e. The fourth-order valence-corrected chi connectivity index (χ4v) is 3.77. The molecule has 34 heavy (non-hydrogen) atoms. The minimum Gasteiger partial charge on any atom is -0.493 e. The van der Waals surface area contributed by atoms with Gasteiger partial charge in [0.1, 0.15) is 6.61 Å². The Hall–Kier alpha value is -3.68. The fraction of sp³-hybridized carbons (Fsp3) is 0.385. The molecule has 182 valence electrons. The molecule has 0 bridgehead atoms. The number of nitrogens with one attached hydrogen (secondary N) is 2. The molecule has 3 rings (SSSR count). The lowest BCUT2D eigenvalue weighted by Gasteiger charge is -2.30. The first kappa shape index (κ1) is 25.0. The number of ether oxygens (including phenoxy) is 4. The minimum absolute atomic E-state index is 0.306. The van der Waals surface area contributed by atoms with Crippen molar-refractivity contribution in [2.45, 2.75) is 52.4 Å². The molecule has 1 aliphatic rings. The molecule has 2 N–H and O–H groups in total. The summed E-state index contributed by atoms with van der Waals surface area (Å²) in [5.41, 5.74) is 2.51. The normalized spacial score (nSPS) is 15.5. The number of rotatable bonds is 10. The second-order valence-electron chi connectivity index (χ2n) is 8.16. The first-order valence-corrected chi connectivity index (χ1v) is 11.3. The van der Waals surface area contributed by atoms with E-state index < -0.39 is 18.0 Å². The Labute approximate surface area is 200 Å². The summed E-state index contributed by atoms with van der Waals surface area (Å²) in [7, 11) is 3.06. The van der Waals surface area contributed by atoms with Gasteiger partial charge in [-0.2, -0.15) is 0 Å². The van der Waals surface area contributed by atoms with E-state index in [1.54, 1.807) is 26.0 Å². The molecule has 0 aliphatic carbocycles. The number of hydrogen-bond donors (Lipinski definition) is 2. The van der Waals surface area contributed by atoms with Crippen LogP contribution in [0.4, 0.5) is 4.79 Å². The van der Waals surface area contributed by atoms with E-state index in [2.05, 4.69) is 10.6 Å². The lowest BCUT2D eigenvalue weighted by atomic mass is 9.93. The molecule has 2 aromatic rings. The van der Waals surface area contributed by atoms with E-state index in [-0.39, 0.29) is 6.10 Å². The Balaban J connectivity index is 2.04. The molecule has 1 aliphatic heterocycles. The summed E-state index contributed by atoms with van der Waals surface area (Å²) in [5.74, 6) is 0.790. The summed E-state index contributed by atoms with van der Waals surface area (Å²) < 4.78 is 22.7. The molecule has 8 nitrogen and oxygen atoms in total. The number of methoxy groups -OCH3 is 2. The van der Waals surface area contributed by atoms with Gasteiger partial charge in [-0.05, 0) is 43.5 Å². The van der Waals surface area contributed by atoms with Gasteiger partial charge >= 0.3 is 12.0 Å². The summed E-state index contributed by atoms with van der Waals surface area (Å²) >= 11 is 0. The van der Waals surface area contributed by atoms with Crippen LogP contribution >= 0.6 is 0 Å². The Bertz CT molecular complexity index is 1020. The molecule has 2 aromatic carbocycles. The van der Waals surface area contributed by atoms with Crippen molar-refractivity contribution in [2.75, 3.05) is 14.2 Å². The largest absolute Gasteiger partial charge is 0.493 e. The van der Waals surface area contributed by atoms with E-state index in [9.17, 15) is 9.59 Å². The Morgan fingerprint density at radius 3 is 2.26 bits per heavy atom. The number of carbonyl (C=O) groups is 2. The molecule has 8 heteroatoms. The number of amides is 2. The van der Waals surface area contributed by atoms with Gasteiger partial charge in [0.2, 0.25) is 5.75 Å². The van der Waals surface area contributed by atoms with Gasteiger partial charge in [-0.3, -0.25) is 0 Å². The predicted molar refractivity (Wildman–Crippen MR) is 128 cm³/mol. The zero-order valence-electron chi connectivity index (χ0n) is 20.3.